The molecule has 0 amide bonds. The topological polar surface area (TPSA) is 27.1 Å². The summed E-state index contributed by atoms with van der Waals surface area (Å²) < 4.78 is 6.57. The van der Waals surface area contributed by atoms with Gasteiger partial charge in [0.1, 0.15) is 0 Å². The molecule has 0 radical (unpaired) electrons. The van der Waals surface area contributed by atoms with Gasteiger partial charge in [0.25, 0.3) is 0 Å². The normalized spacial score (nSPS) is 9.00. The number of ether oxygens (including phenoxy) is 1. The van der Waals surface area contributed by atoms with Crippen molar-refractivity contribution in [3.63, 3.8) is 0 Å². The molecule has 0 aromatic carbocycles. The highest BCUT2D eigenvalue weighted by atomic mass is 16.5. The molecule has 0 aliphatic rings. The molecule has 0 spiro atoms. The summed E-state index contributed by atoms with van der Waals surface area (Å²) in [6, 6.07) is 0. The van der Waals surface area contributed by atoms with Gasteiger partial charge in [0.05, 0.1) is 18.7 Å². The molecule has 1 aromatic heterocycles. The van der Waals surface area contributed by atoms with Gasteiger partial charge in [-0.25, -0.2) is 0 Å². The van der Waals surface area contributed by atoms with Gasteiger partial charge in [-0.1, -0.05) is 6.58 Å². The Kier molecular flexibility index (Phi) is 1.53. The van der Waals surface area contributed by atoms with E-state index < -0.39 is 0 Å². The van der Waals surface area contributed by atoms with Gasteiger partial charge in [-0.3, -0.25) is 4.68 Å². The molecule has 0 bridgehead atoms. The van der Waals surface area contributed by atoms with Crippen molar-refractivity contribution in [2.75, 3.05) is 0 Å². The first-order chi connectivity index (χ1) is 4.33. The van der Waals surface area contributed by atoms with Gasteiger partial charge in [-0.05, 0) is 0 Å². The summed E-state index contributed by atoms with van der Waals surface area (Å²) in [4.78, 5) is 0. The smallest absolute Gasteiger partial charge is 0.164 e. The van der Waals surface area contributed by atoms with Gasteiger partial charge in [-0.15, -0.1) is 0 Å². The first-order valence-corrected chi connectivity index (χ1v) is 2.59. The molecule has 0 fully saturated rings. The lowest BCUT2D eigenvalue weighted by molar-refractivity contribution is 0.483. The predicted molar refractivity (Wildman–Crippen MR) is 34.0 cm³/mol. The van der Waals surface area contributed by atoms with Crippen molar-refractivity contribution < 1.29 is 4.74 Å². The molecule has 0 atom stereocenters. The number of aryl methyl sites for hydroxylation is 1. The highest BCUT2D eigenvalue weighted by Crippen LogP contribution is 2.05. The Hall–Kier alpha value is -1.25. The third kappa shape index (κ3) is 1.32. The van der Waals surface area contributed by atoms with E-state index >= 15 is 0 Å². The summed E-state index contributed by atoms with van der Waals surface area (Å²) in [5.74, 6) is 0.715. The second-order valence-corrected chi connectivity index (χ2v) is 1.63. The van der Waals surface area contributed by atoms with Crippen LogP contribution in [0.2, 0.25) is 0 Å². The summed E-state index contributed by atoms with van der Waals surface area (Å²) >= 11 is 0. The third-order valence-electron chi connectivity index (χ3n) is 0.901. The van der Waals surface area contributed by atoms with Crippen molar-refractivity contribution in [2.24, 2.45) is 7.05 Å². The van der Waals surface area contributed by atoms with Crippen molar-refractivity contribution in [1.82, 2.24) is 9.78 Å². The largest absolute Gasteiger partial charge is 0.462 e. The van der Waals surface area contributed by atoms with E-state index in [9.17, 15) is 0 Å². The number of aromatic nitrogens is 2. The van der Waals surface area contributed by atoms with Crippen LogP contribution in [0.25, 0.3) is 0 Å². The van der Waals surface area contributed by atoms with Gasteiger partial charge in [-0.2, -0.15) is 5.10 Å². The Bertz CT molecular complexity index is 205. The van der Waals surface area contributed by atoms with E-state index in [1.54, 1.807) is 17.1 Å². The average Bonchev–Trinajstić information content (AvgIpc) is 2.17. The summed E-state index contributed by atoms with van der Waals surface area (Å²) in [5.41, 5.74) is 0. The maximum absolute atomic E-state index is 4.91. The number of hydrogen-bond donors (Lipinski definition) is 0. The fourth-order valence-electron chi connectivity index (χ4n) is 0.556. The van der Waals surface area contributed by atoms with Crippen molar-refractivity contribution in [2.45, 2.75) is 0 Å². The molecule has 48 valence electrons. The van der Waals surface area contributed by atoms with Gasteiger partial charge in [0.2, 0.25) is 0 Å². The van der Waals surface area contributed by atoms with Crippen LogP contribution in [0, 0.1) is 0 Å². The summed E-state index contributed by atoms with van der Waals surface area (Å²) in [5, 5.41) is 3.88. The molecule has 0 aliphatic carbocycles. The lowest BCUT2D eigenvalue weighted by atomic mass is 10.7. The Morgan fingerprint density at radius 1 is 1.89 bits per heavy atom. The van der Waals surface area contributed by atoms with Crippen LogP contribution in [0.1, 0.15) is 0 Å². The van der Waals surface area contributed by atoms with Crippen LogP contribution in [-0.4, -0.2) is 9.78 Å². The molecule has 3 heteroatoms. The number of nitrogens with zero attached hydrogens (tertiary/aromatic N) is 2. The number of rotatable bonds is 2. The summed E-state index contributed by atoms with van der Waals surface area (Å²) in [6.45, 7) is 3.41. The van der Waals surface area contributed by atoms with Crippen molar-refractivity contribution in [1.29, 1.82) is 0 Å². The fourth-order valence-corrected chi connectivity index (χ4v) is 0.556. The molecule has 1 rings (SSSR count). The monoisotopic (exact) mass is 124 g/mol. The fraction of sp³-hybridized carbons (Fsp3) is 0.167. The SMILES string of the molecule is C=COc1cnn(C)c1. The van der Waals surface area contributed by atoms with Gasteiger partial charge in [0.15, 0.2) is 5.75 Å². The molecular formula is C6H8N2O. The molecule has 1 aromatic rings. The highest BCUT2D eigenvalue weighted by molar-refractivity contribution is 5.12. The Balaban J connectivity index is 2.72. The van der Waals surface area contributed by atoms with E-state index in [4.69, 9.17) is 4.74 Å². The molecule has 0 N–H and O–H groups in total. The Labute approximate surface area is 53.6 Å². The van der Waals surface area contributed by atoms with Crippen LogP contribution in [0.5, 0.6) is 5.75 Å². The summed E-state index contributed by atoms with van der Waals surface area (Å²) in [6.07, 6.45) is 4.76. The minimum atomic E-state index is 0.715. The molecular weight excluding hydrogens is 116 g/mol. The molecule has 0 saturated heterocycles. The van der Waals surface area contributed by atoms with E-state index in [2.05, 4.69) is 11.7 Å². The first kappa shape index (κ1) is 5.88. The van der Waals surface area contributed by atoms with Gasteiger partial charge >= 0.3 is 0 Å². The maximum atomic E-state index is 4.91. The molecule has 3 nitrogen and oxygen atoms in total. The van der Waals surface area contributed by atoms with E-state index in [0.29, 0.717) is 5.75 Å². The van der Waals surface area contributed by atoms with Crippen LogP contribution in [0.15, 0.2) is 25.2 Å². The lowest BCUT2D eigenvalue weighted by Gasteiger charge is -1.88. The molecule has 0 unspecified atom stereocenters. The molecule has 1 heterocycles. The second-order valence-electron chi connectivity index (χ2n) is 1.63. The summed E-state index contributed by atoms with van der Waals surface area (Å²) in [7, 11) is 1.83. The standard InChI is InChI=1S/C6H8N2O/c1-3-9-6-4-7-8(2)5-6/h3-5H,1H2,2H3. The molecule has 0 saturated carbocycles. The van der Waals surface area contributed by atoms with Crippen LogP contribution in [0.3, 0.4) is 0 Å². The highest BCUT2D eigenvalue weighted by Gasteiger charge is 1.90. The minimum absolute atomic E-state index is 0.715. The molecule has 0 aliphatic heterocycles. The zero-order valence-electron chi connectivity index (χ0n) is 5.24. The first-order valence-electron chi connectivity index (χ1n) is 2.59. The van der Waals surface area contributed by atoms with Crippen molar-refractivity contribution >= 4 is 0 Å². The van der Waals surface area contributed by atoms with E-state index in [-0.39, 0.29) is 0 Å². The third-order valence-corrected chi connectivity index (χ3v) is 0.901. The minimum Gasteiger partial charge on any atom is -0.462 e. The van der Waals surface area contributed by atoms with E-state index in [1.165, 1.54) is 6.26 Å². The predicted octanol–water partition coefficient (Wildman–Crippen LogP) is 0.942. The lowest BCUT2D eigenvalue weighted by Crippen LogP contribution is -1.84. The van der Waals surface area contributed by atoms with Crippen LogP contribution in [0.4, 0.5) is 0 Å². The average molecular weight is 124 g/mol. The molecule has 9 heavy (non-hydrogen) atoms. The quantitative estimate of drug-likeness (QED) is 0.548. The zero-order valence-corrected chi connectivity index (χ0v) is 5.24. The van der Waals surface area contributed by atoms with Crippen molar-refractivity contribution in [3.05, 3.63) is 25.2 Å². The van der Waals surface area contributed by atoms with Crippen LogP contribution < -0.4 is 4.74 Å². The second kappa shape index (κ2) is 2.35. The van der Waals surface area contributed by atoms with Crippen LogP contribution >= 0.6 is 0 Å². The van der Waals surface area contributed by atoms with Crippen molar-refractivity contribution in [3.8, 4) is 5.75 Å². The Morgan fingerprint density at radius 3 is 3.11 bits per heavy atom. The van der Waals surface area contributed by atoms with E-state index in [1.807, 2.05) is 7.05 Å². The Morgan fingerprint density at radius 2 is 2.67 bits per heavy atom. The van der Waals surface area contributed by atoms with Gasteiger partial charge in [0, 0.05) is 7.05 Å². The van der Waals surface area contributed by atoms with Crippen LogP contribution in [-0.2, 0) is 7.05 Å². The number of hydrogen-bond acceptors (Lipinski definition) is 2. The van der Waals surface area contributed by atoms with E-state index in [0.717, 1.165) is 0 Å². The maximum Gasteiger partial charge on any atom is 0.164 e. The zero-order chi connectivity index (χ0) is 6.69. The van der Waals surface area contributed by atoms with Gasteiger partial charge < -0.3 is 4.74 Å².